The lowest BCUT2D eigenvalue weighted by Gasteiger charge is -2.28. The third kappa shape index (κ3) is 3.43. The van der Waals surface area contributed by atoms with Gasteiger partial charge in [0.25, 0.3) is 0 Å². The van der Waals surface area contributed by atoms with Gasteiger partial charge in [-0.15, -0.1) is 11.3 Å². The Bertz CT molecular complexity index is 1030. The van der Waals surface area contributed by atoms with E-state index in [-0.39, 0.29) is 17.8 Å². The maximum absolute atomic E-state index is 12.8. The number of rotatable bonds is 5. The maximum atomic E-state index is 12.8. The molecule has 1 aliphatic heterocycles. The standard InChI is InChI=1S/C18H17BN4O4S/c1-11-3-2-4-12-7-13(19(25)27-17(11)12)8-15(24)16(22-26)14-9-28-18(21-14)23-6-5-20-10-23/h2-6,9-10,13,25-26H,7-8H2,1H3/t13-/m1/s1. The molecule has 0 fully saturated rings. The maximum Gasteiger partial charge on any atom is 0.526 e. The number of ketones is 1. The lowest BCUT2D eigenvalue weighted by Crippen LogP contribution is -2.36. The zero-order chi connectivity index (χ0) is 19.7. The fourth-order valence-electron chi connectivity index (χ4n) is 3.26. The van der Waals surface area contributed by atoms with Crippen molar-refractivity contribution >= 4 is 30.0 Å². The van der Waals surface area contributed by atoms with Crippen LogP contribution in [0, 0.1) is 6.92 Å². The molecular weight excluding hydrogens is 379 g/mol. The molecule has 1 aromatic carbocycles. The average Bonchev–Trinajstić information content (AvgIpc) is 3.35. The average molecular weight is 396 g/mol. The van der Waals surface area contributed by atoms with Gasteiger partial charge in [0.1, 0.15) is 17.8 Å². The molecule has 0 saturated heterocycles. The fraction of sp³-hybridized carbons (Fsp3) is 0.222. The summed E-state index contributed by atoms with van der Waals surface area (Å²) in [6.07, 6.45) is 5.42. The van der Waals surface area contributed by atoms with E-state index in [4.69, 9.17) is 4.65 Å². The van der Waals surface area contributed by atoms with Crippen molar-refractivity contribution in [3.63, 3.8) is 0 Å². The summed E-state index contributed by atoms with van der Waals surface area (Å²) in [5, 5.41) is 25.2. The van der Waals surface area contributed by atoms with Gasteiger partial charge in [-0.1, -0.05) is 23.4 Å². The summed E-state index contributed by atoms with van der Waals surface area (Å²) < 4.78 is 7.33. The Morgan fingerprint density at radius 3 is 3.11 bits per heavy atom. The highest BCUT2D eigenvalue weighted by Gasteiger charge is 2.37. The first-order valence-electron chi connectivity index (χ1n) is 8.69. The SMILES string of the molecule is Cc1cccc2c1OB(O)[C@@H](CC(=O)C(=NO)c1csc(-n3ccnc3)n1)C2. The number of hydrogen-bond donors (Lipinski definition) is 2. The molecule has 8 nitrogen and oxygen atoms in total. The Hall–Kier alpha value is -2.98. The number of nitrogens with zero attached hydrogens (tertiary/aromatic N) is 4. The number of benzene rings is 1. The fourth-order valence-corrected chi connectivity index (χ4v) is 4.03. The summed E-state index contributed by atoms with van der Waals surface area (Å²) in [5.74, 6) is -0.182. The van der Waals surface area contributed by atoms with Crippen molar-refractivity contribution in [1.82, 2.24) is 14.5 Å². The molecular formula is C18H17BN4O4S. The van der Waals surface area contributed by atoms with Gasteiger partial charge >= 0.3 is 7.12 Å². The van der Waals surface area contributed by atoms with Gasteiger partial charge in [-0.3, -0.25) is 9.36 Å². The minimum atomic E-state index is -1.10. The molecule has 0 aliphatic carbocycles. The van der Waals surface area contributed by atoms with E-state index in [9.17, 15) is 15.0 Å². The van der Waals surface area contributed by atoms with Crippen LogP contribution in [0.3, 0.4) is 0 Å². The smallest absolute Gasteiger partial charge is 0.526 e. The molecule has 28 heavy (non-hydrogen) atoms. The van der Waals surface area contributed by atoms with E-state index in [2.05, 4.69) is 15.1 Å². The number of carbonyl (C=O) groups is 1. The predicted molar refractivity (Wildman–Crippen MR) is 104 cm³/mol. The Morgan fingerprint density at radius 1 is 1.50 bits per heavy atom. The van der Waals surface area contributed by atoms with E-state index in [0.29, 0.717) is 17.3 Å². The predicted octanol–water partition coefficient (Wildman–Crippen LogP) is 2.26. The number of oxime groups is 1. The second-order valence-corrected chi connectivity index (χ2v) is 7.43. The molecule has 1 atom stereocenters. The van der Waals surface area contributed by atoms with Crippen molar-refractivity contribution in [3.05, 3.63) is 59.1 Å². The number of para-hydroxylation sites is 1. The minimum Gasteiger partial charge on any atom is -0.536 e. The number of carbonyl (C=O) groups excluding carboxylic acids is 1. The van der Waals surface area contributed by atoms with E-state index < -0.39 is 18.7 Å². The lowest BCUT2D eigenvalue weighted by molar-refractivity contribution is -0.113. The zero-order valence-corrected chi connectivity index (χ0v) is 15.8. The van der Waals surface area contributed by atoms with Crippen LogP contribution >= 0.6 is 11.3 Å². The van der Waals surface area contributed by atoms with Crippen LogP contribution < -0.4 is 4.65 Å². The second-order valence-electron chi connectivity index (χ2n) is 6.60. The van der Waals surface area contributed by atoms with Gasteiger partial charge in [0.15, 0.2) is 16.6 Å². The summed E-state index contributed by atoms with van der Waals surface area (Å²) in [7, 11) is -1.10. The summed E-state index contributed by atoms with van der Waals surface area (Å²) >= 11 is 1.30. The number of aromatic nitrogens is 3. The second kappa shape index (κ2) is 7.57. The molecule has 4 rings (SSSR count). The van der Waals surface area contributed by atoms with Gasteiger partial charge in [0.05, 0.1) is 0 Å². The molecule has 0 bridgehead atoms. The zero-order valence-electron chi connectivity index (χ0n) is 15.0. The van der Waals surface area contributed by atoms with Crippen LogP contribution in [0.2, 0.25) is 5.82 Å². The molecule has 0 spiro atoms. The van der Waals surface area contributed by atoms with Crippen LogP contribution in [0.25, 0.3) is 5.13 Å². The number of thiazole rings is 1. The van der Waals surface area contributed by atoms with E-state index in [0.717, 1.165) is 11.1 Å². The Kier molecular flexibility index (Phi) is 4.97. The van der Waals surface area contributed by atoms with Crippen molar-refractivity contribution < 1.29 is 19.7 Å². The van der Waals surface area contributed by atoms with Crippen LogP contribution in [0.4, 0.5) is 0 Å². The first-order chi connectivity index (χ1) is 13.6. The Balaban J connectivity index is 1.51. The molecule has 0 unspecified atom stereocenters. The Morgan fingerprint density at radius 2 is 2.36 bits per heavy atom. The molecule has 0 saturated carbocycles. The molecule has 142 valence electrons. The van der Waals surface area contributed by atoms with Crippen molar-refractivity contribution in [2.45, 2.75) is 25.6 Å². The van der Waals surface area contributed by atoms with Gasteiger partial charge < -0.3 is 14.9 Å². The topological polar surface area (TPSA) is 110 Å². The summed E-state index contributed by atoms with van der Waals surface area (Å²) in [6, 6.07) is 5.75. The van der Waals surface area contributed by atoms with Gasteiger partial charge in [-0.05, 0) is 24.5 Å². The third-order valence-electron chi connectivity index (χ3n) is 4.69. The highest BCUT2D eigenvalue weighted by molar-refractivity contribution is 7.12. The number of Topliss-reactive ketones (excluding diaryl/α,β-unsaturated/α-hetero) is 1. The lowest BCUT2D eigenvalue weighted by atomic mass is 9.64. The van der Waals surface area contributed by atoms with E-state index in [1.807, 2.05) is 25.1 Å². The number of imidazole rings is 1. The highest BCUT2D eigenvalue weighted by atomic mass is 32.1. The Labute approximate surface area is 165 Å². The van der Waals surface area contributed by atoms with Gasteiger partial charge in [-0.25, -0.2) is 9.97 Å². The number of fused-ring (bicyclic) bond motifs is 1. The monoisotopic (exact) mass is 396 g/mol. The first-order valence-corrected chi connectivity index (χ1v) is 9.57. The quantitative estimate of drug-likeness (QED) is 0.296. The van der Waals surface area contributed by atoms with E-state index in [1.54, 1.807) is 28.7 Å². The van der Waals surface area contributed by atoms with Crippen LogP contribution in [-0.2, 0) is 11.2 Å². The minimum absolute atomic E-state index is 0.0219. The first kappa shape index (κ1) is 18.4. The van der Waals surface area contributed by atoms with E-state index in [1.165, 1.54) is 11.3 Å². The molecule has 0 radical (unpaired) electrons. The van der Waals surface area contributed by atoms with Crippen LogP contribution in [0.15, 0.2) is 47.5 Å². The van der Waals surface area contributed by atoms with Gasteiger partial charge in [-0.2, -0.15) is 0 Å². The van der Waals surface area contributed by atoms with E-state index >= 15 is 0 Å². The normalized spacial score (nSPS) is 16.6. The van der Waals surface area contributed by atoms with Crippen molar-refractivity contribution in [2.24, 2.45) is 5.16 Å². The van der Waals surface area contributed by atoms with Crippen molar-refractivity contribution in [3.8, 4) is 10.9 Å². The highest BCUT2D eigenvalue weighted by Crippen LogP contribution is 2.36. The van der Waals surface area contributed by atoms with Gasteiger partial charge in [0.2, 0.25) is 0 Å². The van der Waals surface area contributed by atoms with Crippen molar-refractivity contribution in [2.75, 3.05) is 0 Å². The van der Waals surface area contributed by atoms with Gasteiger partial charge in [0, 0.05) is 30.0 Å². The third-order valence-corrected chi connectivity index (χ3v) is 5.54. The molecule has 3 aromatic rings. The van der Waals surface area contributed by atoms with Crippen molar-refractivity contribution in [1.29, 1.82) is 0 Å². The molecule has 3 heterocycles. The summed E-state index contributed by atoms with van der Waals surface area (Å²) in [6.45, 7) is 1.91. The molecule has 2 N–H and O–H groups in total. The van der Waals surface area contributed by atoms with Crippen LogP contribution in [-0.4, -0.2) is 43.4 Å². The van der Waals surface area contributed by atoms with Crippen LogP contribution in [0.5, 0.6) is 5.75 Å². The summed E-state index contributed by atoms with van der Waals surface area (Å²) in [5.41, 5.74) is 2.03. The molecule has 10 heteroatoms. The number of aryl methyl sites for hydroxylation is 1. The van der Waals surface area contributed by atoms with Crippen LogP contribution in [0.1, 0.15) is 23.2 Å². The molecule has 0 amide bonds. The summed E-state index contributed by atoms with van der Waals surface area (Å²) in [4.78, 5) is 21.1. The number of hydrogen-bond acceptors (Lipinski definition) is 8. The molecule has 1 aliphatic rings. The molecule has 2 aromatic heterocycles. The largest absolute Gasteiger partial charge is 0.536 e.